The van der Waals surface area contributed by atoms with Crippen LogP contribution in [0.1, 0.15) is 22.8 Å². The molecule has 0 aliphatic rings. The van der Waals surface area contributed by atoms with Gasteiger partial charge in [0.2, 0.25) is 0 Å². The topological polar surface area (TPSA) is 74.8 Å². The van der Waals surface area contributed by atoms with Crippen LogP contribution in [0.2, 0.25) is 0 Å². The molecule has 2 aromatic carbocycles. The number of aliphatic imine (C=N–C) groups is 1. The number of carbonyl (C=O) groups is 1. The lowest BCUT2D eigenvalue weighted by Gasteiger charge is -2.12. The van der Waals surface area contributed by atoms with Crippen LogP contribution in [0.15, 0.2) is 58.0 Å². The van der Waals surface area contributed by atoms with E-state index in [0.717, 1.165) is 22.3 Å². The summed E-state index contributed by atoms with van der Waals surface area (Å²) in [5.74, 6) is 1.41. The molecule has 144 valence electrons. The highest BCUT2D eigenvalue weighted by molar-refractivity contribution is 9.10. The normalized spacial score (nSPS) is 11.0. The largest absolute Gasteiger partial charge is 0.496 e. The molecule has 27 heavy (non-hydrogen) atoms. The summed E-state index contributed by atoms with van der Waals surface area (Å²) in [5, 5.41) is 9.31. The number of hydrogen-bond donors (Lipinski definition) is 3. The fourth-order valence-corrected chi connectivity index (χ4v) is 2.83. The standard InChI is InChI=1S/C20H25BrN4O2/c1-3-22-20(25-14-16-7-4-5-10-18(16)27-2)24-12-11-23-19(26)15-8-6-9-17(21)13-15/h4-10,13H,3,11-12,14H2,1-2H3,(H,23,26)(H2,22,24,25). The minimum Gasteiger partial charge on any atom is -0.496 e. The van der Waals surface area contributed by atoms with Crippen molar-refractivity contribution in [3.63, 3.8) is 0 Å². The van der Waals surface area contributed by atoms with Gasteiger partial charge < -0.3 is 20.7 Å². The SMILES string of the molecule is CCNC(=NCc1ccccc1OC)NCCNC(=O)c1cccc(Br)c1. The van der Waals surface area contributed by atoms with Crippen LogP contribution in [0, 0.1) is 0 Å². The number of amides is 1. The number of halogens is 1. The van der Waals surface area contributed by atoms with Crippen molar-refractivity contribution in [1.29, 1.82) is 0 Å². The molecule has 0 atom stereocenters. The third kappa shape index (κ3) is 6.94. The minimum absolute atomic E-state index is 0.103. The fraction of sp³-hybridized carbons (Fsp3) is 0.300. The predicted octanol–water partition coefficient (Wildman–Crippen LogP) is 2.94. The molecule has 0 saturated carbocycles. The second-order valence-electron chi connectivity index (χ2n) is 5.70. The van der Waals surface area contributed by atoms with Crippen LogP contribution < -0.4 is 20.7 Å². The Balaban J connectivity index is 1.84. The van der Waals surface area contributed by atoms with E-state index in [4.69, 9.17) is 4.74 Å². The second kappa shape index (κ2) is 11.2. The number of nitrogens with zero attached hydrogens (tertiary/aromatic N) is 1. The van der Waals surface area contributed by atoms with E-state index in [1.54, 1.807) is 19.2 Å². The monoisotopic (exact) mass is 432 g/mol. The third-order valence-corrected chi connectivity index (χ3v) is 4.23. The Morgan fingerprint density at radius 2 is 1.85 bits per heavy atom. The Kier molecular flexibility index (Phi) is 8.64. The van der Waals surface area contributed by atoms with Gasteiger partial charge in [-0.3, -0.25) is 4.79 Å². The Bertz CT molecular complexity index is 780. The number of para-hydroxylation sites is 1. The molecule has 0 radical (unpaired) electrons. The van der Waals surface area contributed by atoms with Gasteiger partial charge in [-0.05, 0) is 31.2 Å². The number of methoxy groups -OCH3 is 1. The summed E-state index contributed by atoms with van der Waals surface area (Å²) in [5.41, 5.74) is 1.64. The van der Waals surface area contributed by atoms with Crippen LogP contribution in [0.3, 0.4) is 0 Å². The van der Waals surface area contributed by atoms with Crippen LogP contribution >= 0.6 is 15.9 Å². The van der Waals surface area contributed by atoms with Crippen molar-refractivity contribution in [3.05, 3.63) is 64.1 Å². The molecule has 6 nitrogen and oxygen atoms in total. The summed E-state index contributed by atoms with van der Waals surface area (Å²) in [6.45, 7) is 4.32. The molecule has 0 fully saturated rings. The van der Waals surface area contributed by atoms with Crippen molar-refractivity contribution in [3.8, 4) is 5.75 Å². The number of guanidine groups is 1. The summed E-state index contributed by atoms with van der Waals surface area (Å²) in [6, 6.07) is 15.1. The van der Waals surface area contributed by atoms with Crippen LogP contribution in [0.25, 0.3) is 0 Å². The first-order valence-electron chi connectivity index (χ1n) is 8.82. The molecule has 0 saturated heterocycles. The molecule has 0 aliphatic carbocycles. The minimum atomic E-state index is -0.103. The van der Waals surface area contributed by atoms with Crippen molar-refractivity contribution < 1.29 is 9.53 Å². The summed E-state index contributed by atoms with van der Waals surface area (Å²) in [6.07, 6.45) is 0. The lowest BCUT2D eigenvalue weighted by Crippen LogP contribution is -2.41. The molecule has 2 aromatic rings. The quantitative estimate of drug-likeness (QED) is 0.340. The van der Waals surface area contributed by atoms with Gasteiger partial charge in [-0.2, -0.15) is 0 Å². The lowest BCUT2D eigenvalue weighted by molar-refractivity contribution is 0.0954. The average Bonchev–Trinajstić information content (AvgIpc) is 2.69. The van der Waals surface area contributed by atoms with Crippen molar-refractivity contribution in [1.82, 2.24) is 16.0 Å². The first-order chi connectivity index (χ1) is 13.1. The van der Waals surface area contributed by atoms with Gasteiger partial charge in [-0.1, -0.05) is 40.2 Å². The first-order valence-corrected chi connectivity index (χ1v) is 9.61. The number of hydrogen-bond acceptors (Lipinski definition) is 3. The molecule has 0 spiro atoms. The molecule has 0 unspecified atom stereocenters. The Hall–Kier alpha value is -2.54. The molecule has 0 aromatic heterocycles. The van der Waals surface area contributed by atoms with Crippen molar-refractivity contribution in [2.45, 2.75) is 13.5 Å². The van der Waals surface area contributed by atoms with Crippen molar-refractivity contribution in [2.24, 2.45) is 4.99 Å². The fourth-order valence-electron chi connectivity index (χ4n) is 2.43. The van der Waals surface area contributed by atoms with Gasteiger partial charge >= 0.3 is 0 Å². The Morgan fingerprint density at radius 3 is 2.59 bits per heavy atom. The summed E-state index contributed by atoms with van der Waals surface area (Å²) in [4.78, 5) is 16.7. The molecule has 3 N–H and O–H groups in total. The van der Waals surface area contributed by atoms with E-state index >= 15 is 0 Å². The van der Waals surface area contributed by atoms with Crippen LogP contribution in [-0.2, 0) is 6.54 Å². The first kappa shape index (κ1) is 20.8. The molecule has 0 aliphatic heterocycles. The van der Waals surface area contributed by atoms with E-state index in [-0.39, 0.29) is 5.91 Å². The highest BCUT2D eigenvalue weighted by Gasteiger charge is 2.05. The summed E-state index contributed by atoms with van der Waals surface area (Å²) in [7, 11) is 1.65. The highest BCUT2D eigenvalue weighted by atomic mass is 79.9. The van der Waals surface area contributed by atoms with E-state index in [0.29, 0.717) is 31.2 Å². The summed E-state index contributed by atoms with van der Waals surface area (Å²) < 4.78 is 6.23. The van der Waals surface area contributed by atoms with Crippen LogP contribution in [0.5, 0.6) is 5.75 Å². The summed E-state index contributed by atoms with van der Waals surface area (Å²) >= 11 is 3.37. The molecule has 7 heteroatoms. The number of nitrogens with one attached hydrogen (secondary N) is 3. The van der Waals surface area contributed by atoms with Gasteiger partial charge in [0.25, 0.3) is 5.91 Å². The average molecular weight is 433 g/mol. The van der Waals surface area contributed by atoms with E-state index in [1.165, 1.54) is 0 Å². The van der Waals surface area contributed by atoms with Crippen molar-refractivity contribution in [2.75, 3.05) is 26.7 Å². The zero-order chi connectivity index (χ0) is 19.5. The number of ether oxygens (including phenoxy) is 1. The van der Waals surface area contributed by atoms with Gasteiger partial charge in [0.05, 0.1) is 13.7 Å². The number of benzene rings is 2. The zero-order valence-electron chi connectivity index (χ0n) is 15.6. The number of carbonyl (C=O) groups excluding carboxylic acids is 1. The maximum absolute atomic E-state index is 12.1. The molecule has 0 bridgehead atoms. The molecular weight excluding hydrogens is 408 g/mol. The molecular formula is C20H25BrN4O2. The second-order valence-corrected chi connectivity index (χ2v) is 6.62. The van der Waals surface area contributed by atoms with E-state index in [2.05, 4.69) is 36.9 Å². The van der Waals surface area contributed by atoms with Gasteiger partial charge in [0.15, 0.2) is 5.96 Å². The van der Waals surface area contributed by atoms with Gasteiger partial charge in [0.1, 0.15) is 5.75 Å². The van der Waals surface area contributed by atoms with Crippen LogP contribution in [-0.4, -0.2) is 38.6 Å². The Labute approximate surface area is 168 Å². The maximum Gasteiger partial charge on any atom is 0.251 e. The zero-order valence-corrected chi connectivity index (χ0v) is 17.2. The van der Waals surface area contributed by atoms with E-state index in [9.17, 15) is 4.79 Å². The van der Waals surface area contributed by atoms with Gasteiger partial charge in [-0.15, -0.1) is 0 Å². The molecule has 2 rings (SSSR count). The van der Waals surface area contributed by atoms with Crippen molar-refractivity contribution >= 4 is 27.8 Å². The maximum atomic E-state index is 12.1. The van der Waals surface area contributed by atoms with Gasteiger partial charge in [0, 0.05) is 35.2 Å². The molecule has 0 heterocycles. The number of rotatable bonds is 8. The van der Waals surface area contributed by atoms with Crippen LogP contribution in [0.4, 0.5) is 0 Å². The van der Waals surface area contributed by atoms with Gasteiger partial charge in [-0.25, -0.2) is 4.99 Å². The van der Waals surface area contributed by atoms with E-state index in [1.807, 2.05) is 43.3 Å². The van der Waals surface area contributed by atoms with E-state index < -0.39 is 0 Å². The predicted molar refractivity (Wildman–Crippen MR) is 112 cm³/mol. The smallest absolute Gasteiger partial charge is 0.251 e. The Morgan fingerprint density at radius 1 is 1.07 bits per heavy atom. The third-order valence-electron chi connectivity index (χ3n) is 3.73. The highest BCUT2D eigenvalue weighted by Crippen LogP contribution is 2.17. The molecule has 1 amide bonds. The lowest BCUT2D eigenvalue weighted by atomic mass is 10.2.